The molecule has 2 heterocycles. The summed E-state index contributed by atoms with van der Waals surface area (Å²) in [4.78, 5) is 51.4. The highest BCUT2D eigenvalue weighted by atomic mass is 19.1. The minimum atomic E-state index is -0.985. The van der Waals surface area contributed by atoms with Crippen LogP contribution >= 0.6 is 0 Å². The van der Waals surface area contributed by atoms with Crippen molar-refractivity contribution in [2.45, 2.75) is 26.9 Å². The highest BCUT2D eigenvalue weighted by molar-refractivity contribution is 6.35. The number of carbonyl (C=O) groups excluding carboxylic acids is 3. The Bertz CT molecular complexity index is 1470. The van der Waals surface area contributed by atoms with Gasteiger partial charge in [0.05, 0.1) is 30.0 Å². The number of imide groups is 1. The van der Waals surface area contributed by atoms with Crippen molar-refractivity contribution in [1.82, 2.24) is 10.3 Å². The van der Waals surface area contributed by atoms with Gasteiger partial charge in [-0.2, -0.15) is 0 Å². The van der Waals surface area contributed by atoms with Gasteiger partial charge >= 0.3 is 12.0 Å². The fraction of sp³-hybridized carbons (Fsp3) is 0.154. The Kier molecular flexibility index (Phi) is 6.89. The fourth-order valence-electron chi connectivity index (χ4n) is 4.06. The molecule has 0 atom stereocenters. The van der Waals surface area contributed by atoms with Gasteiger partial charge in [0.2, 0.25) is 0 Å². The molecule has 4 amide bonds. The number of anilines is 2. The number of aromatic amines is 1. The van der Waals surface area contributed by atoms with Crippen LogP contribution in [0.25, 0.3) is 11.6 Å². The molecule has 0 fully saturated rings. The molecule has 2 aromatic carbocycles. The Morgan fingerprint density at radius 1 is 1.11 bits per heavy atom. The lowest BCUT2D eigenvalue weighted by Gasteiger charge is -2.10. The van der Waals surface area contributed by atoms with Crippen molar-refractivity contribution < 1.29 is 33.8 Å². The van der Waals surface area contributed by atoms with Crippen LogP contribution in [-0.4, -0.2) is 39.0 Å². The Balaban J connectivity index is 1.54. The largest absolute Gasteiger partial charge is 0.481 e. The molecule has 1 aromatic heterocycles. The number of carbonyl (C=O) groups is 4. The van der Waals surface area contributed by atoms with Crippen LogP contribution in [0.1, 0.15) is 44.0 Å². The average Bonchev–Trinajstić information content (AvgIpc) is 3.28. The van der Waals surface area contributed by atoms with E-state index in [4.69, 9.17) is 10.2 Å². The number of hydrogen-bond donors (Lipinski definition) is 6. The molecule has 0 aliphatic carbocycles. The lowest BCUT2D eigenvalue weighted by Crippen LogP contribution is -2.34. The Hall–Kier alpha value is -4.77. The second-order valence-electron chi connectivity index (χ2n) is 8.49. The molecule has 0 spiro atoms. The van der Waals surface area contributed by atoms with E-state index in [1.54, 1.807) is 13.8 Å². The molecule has 37 heavy (non-hydrogen) atoms. The van der Waals surface area contributed by atoms with Crippen LogP contribution in [0.15, 0.2) is 36.4 Å². The number of halogens is 1. The summed E-state index contributed by atoms with van der Waals surface area (Å²) in [6, 6.07) is 7.29. The Labute approximate surface area is 210 Å². The van der Waals surface area contributed by atoms with Gasteiger partial charge in [0.1, 0.15) is 5.82 Å². The van der Waals surface area contributed by atoms with Crippen molar-refractivity contribution in [2.24, 2.45) is 0 Å². The highest BCUT2D eigenvalue weighted by Crippen LogP contribution is 2.37. The van der Waals surface area contributed by atoms with E-state index in [2.05, 4.69) is 20.9 Å². The van der Waals surface area contributed by atoms with Crippen molar-refractivity contribution in [1.29, 1.82) is 0 Å². The molecule has 1 aliphatic heterocycles. The lowest BCUT2D eigenvalue weighted by atomic mass is 10.0. The number of aliphatic carboxylic acids is 1. The van der Waals surface area contributed by atoms with Gasteiger partial charge in [0, 0.05) is 22.5 Å². The van der Waals surface area contributed by atoms with Crippen molar-refractivity contribution in [3.05, 3.63) is 81.4 Å². The minimum Gasteiger partial charge on any atom is -0.481 e. The van der Waals surface area contributed by atoms with E-state index in [0.29, 0.717) is 28.1 Å². The van der Waals surface area contributed by atoms with Crippen LogP contribution < -0.4 is 16.0 Å². The van der Waals surface area contributed by atoms with Gasteiger partial charge in [0.25, 0.3) is 11.8 Å². The zero-order valence-corrected chi connectivity index (χ0v) is 19.9. The number of aryl methyl sites for hydroxylation is 1. The third-order valence-corrected chi connectivity index (χ3v) is 6.01. The van der Waals surface area contributed by atoms with Gasteiger partial charge in [-0.1, -0.05) is 12.1 Å². The number of aromatic nitrogens is 1. The van der Waals surface area contributed by atoms with Crippen LogP contribution in [0.2, 0.25) is 0 Å². The number of carboxylic acids is 1. The van der Waals surface area contributed by atoms with Crippen LogP contribution in [0.4, 0.5) is 20.6 Å². The van der Waals surface area contributed by atoms with Gasteiger partial charge in [0.15, 0.2) is 0 Å². The summed E-state index contributed by atoms with van der Waals surface area (Å²) in [6.07, 6.45) is 1.34. The summed E-state index contributed by atoms with van der Waals surface area (Å²) in [6.45, 7) is 3.27. The predicted octanol–water partition coefficient (Wildman–Crippen LogP) is 3.34. The van der Waals surface area contributed by atoms with Crippen molar-refractivity contribution in [2.75, 3.05) is 10.6 Å². The molecule has 0 radical (unpaired) electrons. The molecule has 6 N–H and O–H groups in total. The predicted molar refractivity (Wildman–Crippen MR) is 133 cm³/mol. The zero-order chi connectivity index (χ0) is 26.9. The smallest absolute Gasteiger partial charge is 0.326 e. The molecule has 3 aromatic rings. The molecule has 0 unspecified atom stereocenters. The Morgan fingerprint density at radius 2 is 1.81 bits per heavy atom. The quantitative estimate of drug-likeness (QED) is 0.281. The van der Waals surface area contributed by atoms with Gasteiger partial charge < -0.3 is 25.8 Å². The number of amides is 4. The van der Waals surface area contributed by atoms with Crippen LogP contribution in [0, 0.1) is 19.7 Å². The normalized spacial score (nSPS) is 13.3. The molecule has 190 valence electrons. The molecule has 1 aliphatic rings. The molecule has 10 nitrogen and oxygen atoms in total. The second kappa shape index (κ2) is 10.1. The van der Waals surface area contributed by atoms with E-state index in [1.165, 1.54) is 36.4 Å². The number of nitrogens with one attached hydrogen (secondary N) is 4. The molecular weight excluding hydrogens is 483 g/mol. The number of carboxylic acid groups (broad SMARTS) is 1. The summed E-state index contributed by atoms with van der Waals surface area (Å²) < 4.78 is 14.9. The average molecular weight is 506 g/mol. The molecule has 11 heteroatoms. The summed E-state index contributed by atoms with van der Waals surface area (Å²) in [5.74, 6) is -3.03. The summed E-state index contributed by atoms with van der Waals surface area (Å²) in [7, 11) is 0. The van der Waals surface area contributed by atoms with E-state index in [-0.39, 0.29) is 41.1 Å². The second-order valence-corrected chi connectivity index (χ2v) is 8.49. The molecule has 4 rings (SSSR count). The summed E-state index contributed by atoms with van der Waals surface area (Å²) >= 11 is 0. The number of benzene rings is 2. The van der Waals surface area contributed by atoms with Gasteiger partial charge in [-0.15, -0.1) is 0 Å². The minimum absolute atomic E-state index is 0.164. The van der Waals surface area contributed by atoms with Gasteiger partial charge in [-0.05, 0) is 60.9 Å². The third-order valence-electron chi connectivity index (χ3n) is 6.01. The monoisotopic (exact) mass is 506 g/mol. The van der Waals surface area contributed by atoms with E-state index >= 15 is 0 Å². The van der Waals surface area contributed by atoms with Crippen LogP contribution in [-0.2, 0) is 22.6 Å². The lowest BCUT2D eigenvalue weighted by molar-refractivity contribution is -0.136. The number of urea groups is 1. The van der Waals surface area contributed by atoms with E-state index in [0.717, 1.165) is 6.07 Å². The maximum Gasteiger partial charge on any atom is 0.326 e. The number of hydrogen-bond acceptors (Lipinski definition) is 5. The molecular formula is C26H23FN4O6. The van der Waals surface area contributed by atoms with E-state index in [9.17, 15) is 23.6 Å². The first kappa shape index (κ1) is 25.3. The first-order valence-electron chi connectivity index (χ1n) is 11.2. The third kappa shape index (κ3) is 5.26. The summed E-state index contributed by atoms with van der Waals surface area (Å²) in [5.41, 5.74) is 3.65. The maximum atomic E-state index is 14.9. The van der Waals surface area contributed by atoms with Gasteiger partial charge in [-0.25, -0.2) is 9.18 Å². The van der Waals surface area contributed by atoms with Crippen LogP contribution in [0.3, 0.4) is 0 Å². The van der Waals surface area contributed by atoms with E-state index in [1.807, 2.05) is 0 Å². The highest BCUT2D eigenvalue weighted by Gasteiger charge is 2.27. The molecule has 0 bridgehead atoms. The van der Waals surface area contributed by atoms with Gasteiger partial charge in [-0.3, -0.25) is 19.7 Å². The molecule has 0 saturated carbocycles. The maximum absolute atomic E-state index is 14.9. The van der Waals surface area contributed by atoms with E-state index < -0.39 is 29.6 Å². The van der Waals surface area contributed by atoms with Crippen molar-refractivity contribution in [3.8, 4) is 0 Å². The number of rotatable bonds is 6. The number of aliphatic hydroxyl groups excluding tert-OH is 1. The fourth-order valence-corrected chi connectivity index (χ4v) is 4.06. The SMILES string of the molecule is Cc1[nH]c(/C=C2\C(=O)Nc3cc(NC(=O)NC(=O)c4ccc(CO)cc4)c(F)cc32)c(C)c1CC(=O)O. The topological polar surface area (TPSA) is 161 Å². The zero-order valence-electron chi connectivity index (χ0n) is 19.9. The van der Waals surface area contributed by atoms with Crippen molar-refractivity contribution in [3.63, 3.8) is 0 Å². The summed E-state index contributed by atoms with van der Waals surface area (Å²) in [5, 5.41) is 25.2. The first-order chi connectivity index (χ1) is 17.6. The van der Waals surface area contributed by atoms with Crippen LogP contribution in [0.5, 0.6) is 0 Å². The Morgan fingerprint density at radius 3 is 2.46 bits per heavy atom. The number of H-pyrrole nitrogens is 1. The number of fused-ring (bicyclic) bond motifs is 1. The standard InChI is InChI=1S/C26H23FN4O6/c1-12-16(9-23(33)34)13(2)28-20(12)8-18-17-7-19(27)22(10-21(17)29-25(18)36)30-26(37)31-24(35)15-5-3-14(11-32)4-6-15/h3-8,10,28,32H,9,11H2,1-2H3,(H,29,36)(H,33,34)(H2,30,31,35,37)/b18-8-. The van der Waals surface area contributed by atoms with Crippen molar-refractivity contribution >= 4 is 46.8 Å². The number of aliphatic hydroxyl groups is 1. The first-order valence-corrected chi connectivity index (χ1v) is 11.2. The molecule has 0 saturated heterocycles.